The topological polar surface area (TPSA) is 20.3 Å². The minimum Gasteiger partial charge on any atom is -0.281 e. The van der Waals surface area contributed by atoms with E-state index in [1.54, 1.807) is 0 Å². The molecule has 1 amide bonds. The second-order valence-electron chi connectivity index (χ2n) is 5.74. The highest BCUT2D eigenvalue weighted by molar-refractivity contribution is 6.00. The number of carbonyl (C=O) groups is 1. The third kappa shape index (κ3) is 4.11. The Morgan fingerprint density at radius 1 is 0.667 bits per heavy atom. The Labute approximate surface area is 143 Å². The predicted molar refractivity (Wildman–Crippen MR) is 99.4 cm³/mol. The summed E-state index contributed by atoms with van der Waals surface area (Å²) in [5.74, 6) is 0.128. The van der Waals surface area contributed by atoms with E-state index >= 15 is 0 Å². The molecule has 0 saturated heterocycles. The van der Waals surface area contributed by atoms with Gasteiger partial charge in [0.05, 0.1) is 0 Å². The van der Waals surface area contributed by atoms with Gasteiger partial charge in [-0.25, -0.2) is 0 Å². The van der Waals surface area contributed by atoms with E-state index in [0.29, 0.717) is 6.42 Å². The molecule has 0 unspecified atom stereocenters. The zero-order chi connectivity index (χ0) is 16.6. The number of benzene rings is 3. The number of amides is 1. The van der Waals surface area contributed by atoms with Gasteiger partial charge in [-0.05, 0) is 42.7 Å². The van der Waals surface area contributed by atoms with Crippen LogP contribution in [0.5, 0.6) is 0 Å². The molecule has 0 saturated carbocycles. The lowest BCUT2D eigenvalue weighted by atomic mass is 10.1. The molecule has 0 fully saturated rings. The van der Waals surface area contributed by atoms with E-state index < -0.39 is 0 Å². The molecule has 0 aliphatic rings. The minimum absolute atomic E-state index is 0.128. The second-order valence-corrected chi connectivity index (χ2v) is 5.74. The van der Waals surface area contributed by atoms with E-state index in [-0.39, 0.29) is 5.91 Å². The van der Waals surface area contributed by atoms with Gasteiger partial charge in [-0.15, -0.1) is 0 Å². The minimum atomic E-state index is 0.128. The fraction of sp³-hybridized carbons (Fsp3) is 0.136. The Morgan fingerprint density at radius 2 is 1.12 bits per heavy atom. The first-order valence-electron chi connectivity index (χ1n) is 8.31. The molecule has 0 N–H and O–H groups in total. The first kappa shape index (κ1) is 16.0. The maximum Gasteiger partial charge on any atom is 0.231 e. The van der Waals surface area contributed by atoms with Crippen molar-refractivity contribution in [2.24, 2.45) is 0 Å². The smallest absolute Gasteiger partial charge is 0.231 e. The van der Waals surface area contributed by atoms with Gasteiger partial charge in [0.15, 0.2) is 0 Å². The van der Waals surface area contributed by atoms with Crippen molar-refractivity contribution in [2.75, 3.05) is 4.90 Å². The van der Waals surface area contributed by atoms with Crippen LogP contribution >= 0.6 is 0 Å². The fourth-order valence-corrected chi connectivity index (χ4v) is 2.79. The number of hydrogen-bond donors (Lipinski definition) is 0. The largest absolute Gasteiger partial charge is 0.281 e. The molecule has 120 valence electrons. The van der Waals surface area contributed by atoms with E-state index in [4.69, 9.17) is 0 Å². The highest BCUT2D eigenvalue weighted by Gasteiger charge is 2.17. The summed E-state index contributed by atoms with van der Waals surface area (Å²) in [5, 5.41) is 0. The molecule has 0 radical (unpaired) electrons. The first-order valence-corrected chi connectivity index (χ1v) is 8.31. The molecule has 0 aliphatic carbocycles. The molecule has 0 aliphatic heterocycles. The lowest BCUT2D eigenvalue weighted by molar-refractivity contribution is -0.118. The maximum absolute atomic E-state index is 12.9. The molecule has 0 aromatic heterocycles. The molecule has 3 aromatic carbocycles. The lowest BCUT2D eigenvalue weighted by Gasteiger charge is -2.23. The van der Waals surface area contributed by atoms with Crippen LogP contribution < -0.4 is 4.90 Å². The van der Waals surface area contributed by atoms with Crippen LogP contribution in [0.25, 0.3) is 0 Å². The van der Waals surface area contributed by atoms with Crippen molar-refractivity contribution in [3.8, 4) is 0 Å². The van der Waals surface area contributed by atoms with Crippen molar-refractivity contribution in [3.63, 3.8) is 0 Å². The average Bonchev–Trinajstić information content (AvgIpc) is 2.65. The van der Waals surface area contributed by atoms with Gasteiger partial charge in [0.1, 0.15) is 0 Å². The van der Waals surface area contributed by atoms with Crippen molar-refractivity contribution in [3.05, 3.63) is 96.6 Å². The monoisotopic (exact) mass is 315 g/mol. The Hall–Kier alpha value is -2.87. The van der Waals surface area contributed by atoms with Crippen molar-refractivity contribution in [2.45, 2.75) is 19.3 Å². The molecule has 0 heterocycles. The molecule has 3 rings (SSSR count). The van der Waals surface area contributed by atoms with Gasteiger partial charge < -0.3 is 0 Å². The van der Waals surface area contributed by atoms with E-state index in [9.17, 15) is 4.79 Å². The van der Waals surface area contributed by atoms with Gasteiger partial charge in [-0.2, -0.15) is 0 Å². The van der Waals surface area contributed by atoms with Crippen molar-refractivity contribution >= 4 is 17.3 Å². The van der Waals surface area contributed by atoms with Crippen LogP contribution in [0.4, 0.5) is 11.4 Å². The number of nitrogens with zero attached hydrogens (tertiary/aromatic N) is 1. The van der Waals surface area contributed by atoms with Crippen LogP contribution in [0, 0.1) is 0 Å². The Kier molecular flexibility index (Phi) is 5.41. The number of hydrogen-bond acceptors (Lipinski definition) is 1. The molecule has 2 heteroatoms. The molecular weight excluding hydrogens is 294 g/mol. The highest BCUT2D eigenvalue weighted by atomic mass is 16.2. The fourth-order valence-electron chi connectivity index (χ4n) is 2.79. The SMILES string of the molecule is O=C(CCCc1ccccc1)N(c1ccccc1)c1ccccc1. The first-order chi connectivity index (χ1) is 11.8. The number of para-hydroxylation sites is 2. The molecule has 24 heavy (non-hydrogen) atoms. The van der Waals surface area contributed by atoms with Gasteiger partial charge in [-0.3, -0.25) is 9.69 Å². The van der Waals surface area contributed by atoms with Gasteiger partial charge >= 0.3 is 0 Å². The standard InChI is InChI=1S/C22H21NO/c24-22(18-10-13-19-11-4-1-5-12-19)23(20-14-6-2-7-15-20)21-16-8-3-9-17-21/h1-9,11-12,14-17H,10,13,18H2. The van der Waals surface area contributed by atoms with E-state index in [1.165, 1.54) is 5.56 Å². The van der Waals surface area contributed by atoms with Crippen LogP contribution in [0.3, 0.4) is 0 Å². The summed E-state index contributed by atoms with van der Waals surface area (Å²) in [6, 6.07) is 30.0. The Bertz CT molecular complexity index is 714. The highest BCUT2D eigenvalue weighted by Crippen LogP contribution is 2.26. The molecule has 2 nitrogen and oxygen atoms in total. The van der Waals surface area contributed by atoms with E-state index in [2.05, 4.69) is 12.1 Å². The predicted octanol–water partition coefficient (Wildman–Crippen LogP) is 5.37. The van der Waals surface area contributed by atoms with Gasteiger partial charge in [0.25, 0.3) is 0 Å². The molecule has 0 spiro atoms. The normalized spacial score (nSPS) is 10.3. The van der Waals surface area contributed by atoms with Crippen LogP contribution in [0.2, 0.25) is 0 Å². The zero-order valence-corrected chi connectivity index (χ0v) is 13.6. The number of aryl methyl sites for hydroxylation is 1. The van der Waals surface area contributed by atoms with Crippen molar-refractivity contribution in [1.29, 1.82) is 0 Å². The van der Waals surface area contributed by atoms with Crippen LogP contribution in [0.15, 0.2) is 91.0 Å². The number of anilines is 2. The van der Waals surface area contributed by atoms with Crippen molar-refractivity contribution < 1.29 is 4.79 Å². The van der Waals surface area contributed by atoms with Gasteiger partial charge in [0.2, 0.25) is 5.91 Å². The molecule has 0 bridgehead atoms. The van der Waals surface area contributed by atoms with Crippen LogP contribution in [0.1, 0.15) is 18.4 Å². The maximum atomic E-state index is 12.9. The van der Waals surface area contributed by atoms with Gasteiger partial charge in [0, 0.05) is 17.8 Å². The average molecular weight is 315 g/mol. The second kappa shape index (κ2) is 8.11. The summed E-state index contributed by atoms with van der Waals surface area (Å²) in [4.78, 5) is 14.7. The molecule has 3 aromatic rings. The van der Waals surface area contributed by atoms with Crippen LogP contribution in [-0.2, 0) is 11.2 Å². The number of carbonyl (C=O) groups excluding carboxylic acids is 1. The van der Waals surface area contributed by atoms with E-state index in [0.717, 1.165) is 24.2 Å². The van der Waals surface area contributed by atoms with Crippen molar-refractivity contribution in [1.82, 2.24) is 0 Å². The lowest BCUT2D eigenvalue weighted by Crippen LogP contribution is -2.25. The quantitative estimate of drug-likeness (QED) is 0.598. The summed E-state index contributed by atoms with van der Waals surface area (Å²) in [6.07, 6.45) is 2.29. The summed E-state index contributed by atoms with van der Waals surface area (Å²) in [6.45, 7) is 0. The molecular formula is C22H21NO. The van der Waals surface area contributed by atoms with Gasteiger partial charge in [-0.1, -0.05) is 66.7 Å². The summed E-state index contributed by atoms with van der Waals surface area (Å²) >= 11 is 0. The zero-order valence-electron chi connectivity index (χ0n) is 13.6. The third-order valence-electron chi connectivity index (χ3n) is 3.98. The summed E-state index contributed by atoms with van der Waals surface area (Å²) in [5.41, 5.74) is 3.10. The summed E-state index contributed by atoms with van der Waals surface area (Å²) < 4.78 is 0. The van der Waals surface area contributed by atoms with Crippen LogP contribution in [-0.4, -0.2) is 5.91 Å². The van der Waals surface area contributed by atoms with E-state index in [1.807, 2.05) is 83.8 Å². The molecule has 0 atom stereocenters. The Morgan fingerprint density at radius 3 is 1.62 bits per heavy atom. The Balaban J connectivity index is 1.72. The third-order valence-corrected chi connectivity index (χ3v) is 3.98. The number of rotatable bonds is 6. The summed E-state index contributed by atoms with van der Waals surface area (Å²) in [7, 11) is 0.